The van der Waals surface area contributed by atoms with Crippen molar-refractivity contribution < 1.29 is 32.6 Å². The molecule has 2 atom stereocenters. The molecule has 2 aliphatic rings. The molecular weight excluding hydrogens is 501 g/mol. The highest BCUT2D eigenvalue weighted by atomic mass is 19.3. The van der Waals surface area contributed by atoms with Crippen LogP contribution < -0.4 is 15.4 Å². The average Bonchev–Trinajstić information content (AvgIpc) is 3.34. The van der Waals surface area contributed by atoms with Gasteiger partial charge in [-0.05, 0) is 62.0 Å². The molecule has 0 bridgehead atoms. The maximum absolute atomic E-state index is 14.7. The van der Waals surface area contributed by atoms with E-state index in [1.165, 1.54) is 19.1 Å². The summed E-state index contributed by atoms with van der Waals surface area (Å²) in [6.07, 6.45) is 2.47. The zero-order chi connectivity index (χ0) is 27.3. The van der Waals surface area contributed by atoms with Crippen LogP contribution in [0.5, 0.6) is 5.88 Å². The van der Waals surface area contributed by atoms with Gasteiger partial charge in [-0.25, -0.2) is 18.2 Å². The number of amides is 2. The first-order valence-corrected chi connectivity index (χ1v) is 12.9. The van der Waals surface area contributed by atoms with Gasteiger partial charge in [0.25, 0.3) is 11.8 Å². The summed E-state index contributed by atoms with van der Waals surface area (Å²) in [4.78, 5) is 30.6. The van der Waals surface area contributed by atoms with Gasteiger partial charge in [-0.15, -0.1) is 0 Å². The first kappa shape index (κ1) is 28.0. The third-order valence-electron chi connectivity index (χ3n) is 7.09. The normalized spacial score (nSPS) is 20.9. The van der Waals surface area contributed by atoms with Gasteiger partial charge >= 0.3 is 0 Å². The number of aromatic nitrogens is 1. The molecule has 2 saturated heterocycles. The lowest BCUT2D eigenvalue weighted by Crippen LogP contribution is -2.43. The summed E-state index contributed by atoms with van der Waals surface area (Å²) in [5.74, 6) is -4.23. The monoisotopic (exact) mass is 534 g/mol. The second-order valence-electron chi connectivity index (χ2n) is 9.99. The number of benzene rings is 1. The molecule has 1 aromatic heterocycles. The number of carbonyl (C=O) groups is 2. The topological polar surface area (TPSA) is 104 Å². The molecule has 38 heavy (non-hydrogen) atoms. The van der Waals surface area contributed by atoms with Crippen molar-refractivity contribution >= 4 is 11.8 Å². The van der Waals surface area contributed by atoms with E-state index in [2.05, 4.69) is 15.6 Å². The van der Waals surface area contributed by atoms with Gasteiger partial charge in [0.2, 0.25) is 11.8 Å². The summed E-state index contributed by atoms with van der Waals surface area (Å²) in [5, 5.41) is 14.5. The molecular formula is C27H33F3N4O4. The summed E-state index contributed by atoms with van der Waals surface area (Å²) >= 11 is 0. The molecule has 4 rings (SSSR count). The van der Waals surface area contributed by atoms with Crippen molar-refractivity contribution in [3.8, 4) is 17.0 Å². The van der Waals surface area contributed by atoms with Gasteiger partial charge in [-0.2, -0.15) is 0 Å². The summed E-state index contributed by atoms with van der Waals surface area (Å²) in [6.45, 7) is 3.23. The molecule has 1 aromatic carbocycles. The van der Waals surface area contributed by atoms with E-state index in [0.29, 0.717) is 36.7 Å². The van der Waals surface area contributed by atoms with Crippen LogP contribution in [0, 0.1) is 11.7 Å². The maximum atomic E-state index is 14.7. The van der Waals surface area contributed by atoms with Gasteiger partial charge in [-0.1, -0.05) is 13.0 Å². The average molecular weight is 535 g/mol. The highest BCUT2D eigenvalue weighted by molar-refractivity contribution is 6.06. The molecule has 206 valence electrons. The van der Waals surface area contributed by atoms with E-state index in [0.717, 1.165) is 12.8 Å². The Labute approximate surface area is 219 Å². The van der Waals surface area contributed by atoms with E-state index in [1.807, 2.05) is 0 Å². The molecule has 2 amide bonds. The predicted octanol–water partition coefficient (Wildman–Crippen LogP) is 3.00. The molecule has 0 spiro atoms. The molecule has 0 aliphatic carbocycles. The van der Waals surface area contributed by atoms with Crippen LogP contribution >= 0.6 is 0 Å². The molecule has 3 N–H and O–H groups in total. The van der Waals surface area contributed by atoms with E-state index in [9.17, 15) is 27.9 Å². The summed E-state index contributed by atoms with van der Waals surface area (Å²) in [6, 6.07) is 6.77. The Balaban J connectivity index is 1.27. The predicted molar refractivity (Wildman–Crippen MR) is 134 cm³/mol. The SMILES string of the molecule is CCC(F)(F)CN1CCC(COc2ccc(-c3ccc(C(=O)NC(=O)[C@@H]4C[C@@H](O)CN4)c(F)c3)cn2)CC1. The van der Waals surface area contributed by atoms with Crippen molar-refractivity contribution in [3.05, 3.63) is 47.9 Å². The molecule has 0 radical (unpaired) electrons. The van der Waals surface area contributed by atoms with Crippen LogP contribution in [0.15, 0.2) is 36.5 Å². The van der Waals surface area contributed by atoms with Gasteiger partial charge in [0.05, 0.1) is 30.9 Å². The number of halogens is 3. The third kappa shape index (κ3) is 7.30. The van der Waals surface area contributed by atoms with E-state index in [-0.39, 0.29) is 37.4 Å². The van der Waals surface area contributed by atoms with Gasteiger partial charge in [0.1, 0.15) is 5.82 Å². The summed E-state index contributed by atoms with van der Waals surface area (Å²) in [5.41, 5.74) is 0.855. The Morgan fingerprint density at radius 2 is 1.95 bits per heavy atom. The number of β-amino-alcohol motifs (C(OH)–C–C–N with tert-alkyl or cyclic N) is 1. The molecule has 0 unspecified atom stereocenters. The van der Waals surface area contributed by atoms with Crippen LogP contribution in [0.2, 0.25) is 0 Å². The number of nitrogens with zero attached hydrogens (tertiary/aromatic N) is 2. The molecule has 2 aliphatic heterocycles. The number of alkyl halides is 2. The maximum Gasteiger partial charge on any atom is 0.260 e. The lowest BCUT2D eigenvalue weighted by molar-refractivity contribution is -0.121. The molecule has 0 saturated carbocycles. The zero-order valence-corrected chi connectivity index (χ0v) is 21.3. The van der Waals surface area contributed by atoms with Crippen LogP contribution in [-0.4, -0.2) is 77.7 Å². The van der Waals surface area contributed by atoms with Gasteiger partial charge in [0, 0.05) is 30.8 Å². The zero-order valence-electron chi connectivity index (χ0n) is 21.3. The fourth-order valence-corrected chi connectivity index (χ4v) is 4.65. The van der Waals surface area contributed by atoms with E-state index >= 15 is 0 Å². The van der Waals surface area contributed by atoms with Crippen molar-refractivity contribution in [1.82, 2.24) is 20.5 Å². The summed E-state index contributed by atoms with van der Waals surface area (Å²) in [7, 11) is 0. The van der Waals surface area contributed by atoms with Crippen molar-refractivity contribution in [2.24, 2.45) is 5.92 Å². The highest BCUT2D eigenvalue weighted by Gasteiger charge is 2.32. The quantitative estimate of drug-likeness (QED) is 0.425. The van der Waals surface area contributed by atoms with Crippen LogP contribution in [0.25, 0.3) is 11.1 Å². The Hall–Kier alpha value is -3.02. The lowest BCUT2D eigenvalue weighted by Gasteiger charge is -2.33. The number of aliphatic hydroxyl groups excluding tert-OH is 1. The van der Waals surface area contributed by atoms with E-state index in [4.69, 9.17) is 4.74 Å². The number of nitrogens with one attached hydrogen (secondary N) is 2. The smallest absolute Gasteiger partial charge is 0.260 e. The number of ether oxygens (including phenoxy) is 1. The van der Waals surface area contributed by atoms with Crippen molar-refractivity contribution in [2.75, 3.05) is 32.8 Å². The number of imide groups is 1. The fraction of sp³-hybridized carbons (Fsp3) is 0.519. The number of aliphatic hydroxyl groups is 1. The third-order valence-corrected chi connectivity index (χ3v) is 7.09. The van der Waals surface area contributed by atoms with Crippen molar-refractivity contribution in [1.29, 1.82) is 0 Å². The minimum absolute atomic E-state index is 0.157. The highest BCUT2D eigenvalue weighted by Crippen LogP contribution is 2.26. The Kier molecular flexibility index (Phi) is 9.01. The molecule has 8 nitrogen and oxygen atoms in total. The number of pyridine rings is 1. The minimum Gasteiger partial charge on any atom is -0.477 e. The Morgan fingerprint density at radius 3 is 2.55 bits per heavy atom. The number of hydrogen-bond donors (Lipinski definition) is 3. The number of carbonyl (C=O) groups excluding carboxylic acids is 2. The van der Waals surface area contributed by atoms with E-state index in [1.54, 1.807) is 29.3 Å². The van der Waals surface area contributed by atoms with E-state index < -0.39 is 35.7 Å². The lowest BCUT2D eigenvalue weighted by atomic mass is 9.97. The molecule has 11 heteroatoms. The number of hydrogen-bond acceptors (Lipinski definition) is 7. The largest absolute Gasteiger partial charge is 0.477 e. The van der Waals surface area contributed by atoms with Gasteiger partial charge in [0.15, 0.2) is 0 Å². The van der Waals surface area contributed by atoms with Crippen molar-refractivity contribution in [2.45, 2.75) is 50.7 Å². The second kappa shape index (κ2) is 12.2. The standard InChI is InChI=1S/C27H33F3N4O4/c1-2-27(29,30)16-34-9-7-17(8-10-34)15-38-24-6-4-19(13-32-24)18-3-5-21(22(28)11-18)25(36)33-26(37)23-12-20(35)14-31-23/h3-6,11,13,17,20,23,31,35H,2,7-10,12,14-16H2,1H3,(H,33,36,37)/t20-,23+/m1/s1. The Morgan fingerprint density at radius 1 is 1.21 bits per heavy atom. The molecule has 3 heterocycles. The van der Waals surface area contributed by atoms with Gasteiger partial charge in [-0.3, -0.25) is 19.8 Å². The minimum atomic E-state index is -2.65. The summed E-state index contributed by atoms with van der Waals surface area (Å²) < 4.78 is 47.7. The van der Waals surface area contributed by atoms with Crippen LogP contribution in [0.1, 0.15) is 43.0 Å². The van der Waals surface area contributed by atoms with Crippen LogP contribution in [0.4, 0.5) is 13.2 Å². The Bertz CT molecular complexity index is 1120. The second-order valence-corrected chi connectivity index (χ2v) is 9.99. The van der Waals surface area contributed by atoms with Crippen molar-refractivity contribution in [3.63, 3.8) is 0 Å². The first-order chi connectivity index (χ1) is 18.1. The fourth-order valence-electron chi connectivity index (χ4n) is 4.65. The molecule has 2 fully saturated rings. The molecule has 2 aromatic rings. The van der Waals surface area contributed by atoms with Gasteiger partial charge < -0.3 is 15.2 Å². The van der Waals surface area contributed by atoms with Crippen LogP contribution in [0.3, 0.4) is 0 Å². The number of likely N-dealkylation sites (tertiary alicyclic amines) is 1. The number of rotatable bonds is 9. The van der Waals surface area contributed by atoms with Crippen LogP contribution in [-0.2, 0) is 4.79 Å². The first-order valence-electron chi connectivity index (χ1n) is 12.9. The number of piperidine rings is 1.